The summed E-state index contributed by atoms with van der Waals surface area (Å²) in [5.41, 5.74) is 4.76. The normalized spacial score (nSPS) is 21.0. The Morgan fingerprint density at radius 2 is 1.94 bits per heavy atom. The zero-order valence-electron chi connectivity index (χ0n) is 10.6. The van der Waals surface area contributed by atoms with E-state index < -0.39 is 11.4 Å². The Balaban J connectivity index is 2.52. The molecule has 0 saturated carbocycles. The third-order valence-corrected chi connectivity index (χ3v) is 3.72. The summed E-state index contributed by atoms with van der Waals surface area (Å²) in [6, 6.07) is 0. The first-order valence-corrected chi connectivity index (χ1v) is 6.13. The van der Waals surface area contributed by atoms with Gasteiger partial charge in [0.05, 0.1) is 5.41 Å². The van der Waals surface area contributed by atoms with Crippen molar-refractivity contribution < 1.29 is 14.7 Å². The number of rotatable bonds is 4. The summed E-state index contributed by atoms with van der Waals surface area (Å²) in [6.45, 7) is 5.21. The Bertz CT molecular complexity index is 296. The Morgan fingerprint density at radius 1 is 1.41 bits per heavy atom. The summed E-state index contributed by atoms with van der Waals surface area (Å²) in [7, 11) is 0. The summed E-state index contributed by atoms with van der Waals surface area (Å²) in [5, 5.41) is 9.10. The predicted octanol–water partition coefficient (Wildman–Crippen LogP) is 0.685. The van der Waals surface area contributed by atoms with Crippen molar-refractivity contribution >= 4 is 11.9 Å². The standard InChI is InChI=1S/C12H22N2O3/c1-9(3-6-13)10(15)14-7-4-12(2,5-8-14)11(16)17/h9H,3-8,13H2,1-2H3,(H,16,17). The van der Waals surface area contributed by atoms with Crippen LogP contribution in [0.15, 0.2) is 0 Å². The molecule has 5 nitrogen and oxygen atoms in total. The molecule has 1 unspecified atom stereocenters. The predicted molar refractivity (Wildman–Crippen MR) is 64.4 cm³/mol. The van der Waals surface area contributed by atoms with E-state index in [1.165, 1.54) is 0 Å². The van der Waals surface area contributed by atoms with Crippen molar-refractivity contribution in [1.29, 1.82) is 0 Å². The highest BCUT2D eigenvalue weighted by molar-refractivity contribution is 5.79. The maximum absolute atomic E-state index is 12.0. The van der Waals surface area contributed by atoms with Crippen molar-refractivity contribution in [2.75, 3.05) is 19.6 Å². The van der Waals surface area contributed by atoms with Crippen LogP contribution in [-0.4, -0.2) is 41.5 Å². The lowest BCUT2D eigenvalue weighted by atomic mass is 9.80. The van der Waals surface area contributed by atoms with Gasteiger partial charge in [0.1, 0.15) is 0 Å². The SMILES string of the molecule is CC(CCN)C(=O)N1CCC(C)(C(=O)O)CC1. The van der Waals surface area contributed by atoms with E-state index in [0.29, 0.717) is 38.9 Å². The topological polar surface area (TPSA) is 83.6 Å². The lowest BCUT2D eigenvalue weighted by molar-refractivity contribution is -0.153. The van der Waals surface area contributed by atoms with Crippen LogP contribution in [0, 0.1) is 11.3 Å². The molecule has 3 N–H and O–H groups in total. The molecule has 0 aliphatic carbocycles. The average Bonchev–Trinajstić information content (AvgIpc) is 2.29. The van der Waals surface area contributed by atoms with Gasteiger partial charge >= 0.3 is 5.97 Å². The second-order valence-corrected chi connectivity index (χ2v) is 5.17. The van der Waals surface area contributed by atoms with Crippen molar-refractivity contribution in [3.63, 3.8) is 0 Å². The number of piperidine rings is 1. The molecule has 1 aliphatic rings. The number of carboxylic acids is 1. The van der Waals surface area contributed by atoms with Crippen LogP contribution in [-0.2, 0) is 9.59 Å². The van der Waals surface area contributed by atoms with E-state index in [0.717, 1.165) is 0 Å². The van der Waals surface area contributed by atoms with Crippen molar-refractivity contribution in [3.8, 4) is 0 Å². The molecule has 1 rings (SSSR count). The fourth-order valence-corrected chi connectivity index (χ4v) is 2.12. The Kier molecular flexibility index (Phi) is 4.51. The molecule has 1 fully saturated rings. The van der Waals surface area contributed by atoms with E-state index in [1.54, 1.807) is 11.8 Å². The number of aliphatic carboxylic acids is 1. The van der Waals surface area contributed by atoms with E-state index in [1.807, 2.05) is 6.92 Å². The van der Waals surface area contributed by atoms with E-state index in [2.05, 4.69) is 0 Å². The fourth-order valence-electron chi connectivity index (χ4n) is 2.12. The van der Waals surface area contributed by atoms with Crippen LogP contribution in [0.25, 0.3) is 0 Å². The van der Waals surface area contributed by atoms with Crippen molar-refractivity contribution in [2.24, 2.45) is 17.1 Å². The molecular formula is C12H22N2O3. The van der Waals surface area contributed by atoms with Crippen LogP contribution in [0.4, 0.5) is 0 Å². The average molecular weight is 242 g/mol. The number of nitrogens with zero attached hydrogens (tertiary/aromatic N) is 1. The molecule has 1 aliphatic heterocycles. The van der Waals surface area contributed by atoms with Gasteiger partial charge in [0, 0.05) is 19.0 Å². The monoisotopic (exact) mass is 242 g/mol. The lowest BCUT2D eigenvalue weighted by Crippen LogP contribution is -2.46. The first-order valence-electron chi connectivity index (χ1n) is 6.13. The van der Waals surface area contributed by atoms with Crippen molar-refractivity contribution in [2.45, 2.75) is 33.1 Å². The molecule has 98 valence electrons. The van der Waals surface area contributed by atoms with E-state index in [4.69, 9.17) is 10.8 Å². The first kappa shape index (κ1) is 14.0. The number of likely N-dealkylation sites (tertiary alicyclic amines) is 1. The minimum absolute atomic E-state index is 0.0609. The maximum atomic E-state index is 12.0. The van der Waals surface area contributed by atoms with Gasteiger partial charge in [0.2, 0.25) is 5.91 Å². The molecule has 0 aromatic rings. The summed E-state index contributed by atoms with van der Waals surface area (Å²) in [6.07, 6.45) is 1.75. The molecule has 5 heteroatoms. The van der Waals surface area contributed by atoms with Crippen molar-refractivity contribution in [3.05, 3.63) is 0 Å². The zero-order valence-corrected chi connectivity index (χ0v) is 10.6. The Hall–Kier alpha value is -1.10. The van der Waals surface area contributed by atoms with Crippen LogP contribution in [0.2, 0.25) is 0 Å². The lowest BCUT2D eigenvalue weighted by Gasteiger charge is -2.37. The number of carboxylic acid groups (broad SMARTS) is 1. The number of hydrogen-bond donors (Lipinski definition) is 2. The summed E-state index contributed by atoms with van der Waals surface area (Å²) in [4.78, 5) is 24.8. The first-order chi connectivity index (χ1) is 7.90. The van der Waals surface area contributed by atoms with Crippen LogP contribution in [0.5, 0.6) is 0 Å². The number of nitrogens with two attached hydrogens (primary N) is 1. The highest BCUT2D eigenvalue weighted by Gasteiger charge is 2.38. The second-order valence-electron chi connectivity index (χ2n) is 5.17. The van der Waals surface area contributed by atoms with Crippen LogP contribution in [0.3, 0.4) is 0 Å². The third-order valence-electron chi connectivity index (χ3n) is 3.72. The summed E-state index contributed by atoms with van der Waals surface area (Å²) in [5.74, 6) is -0.725. The van der Waals surface area contributed by atoms with Gasteiger partial charge in [-0.3, -0.25) is 9.59 Å². The molecule has 17 heavy (non-hydrogen) atoms. The molecule has 0 aromatic heterocycles. The summed E-state index contributed by atoms with van der Waals surface area (Å²) >= 11 is 0. The molecule has 0 radical (unpaired) electrons. The van der Waals surface area contributed by atoms with Gasteiger partial charge in [-0.1, -0.05) is 6.92 Å². The van der Waals surface area contributed by atoms with Gasteiger partial charge in [0.15, 0.2) is 0 Å². The molecular weight excluding hydrogens is 220 g/mol. The highest BCUT2D eigenvalue weighted by atomic mass is 16.4. The molecule has 0 spiro atoms. The number of hydrogen-bond acceptors (Lipinski definition) is 3. The van der Waals surface area contributed by atoms with Gasteiger partial charge in [-0.25, -0.2) is 0 Å². The summed E-state index contributed by atoms with van der Waals surface area (Å²) < 4.78 is 0. The smallest absolute Gasteiger partial charge is 0.309 e. The van der Waals surface area contributed by atoms with Gasteiger partial charge < -0.3 is 15.7 Å². The zero-order chi connectivity index (χ0) is 13.1. The largest absolute Gasteiger partial charge is 0.481 e. The minimum Gasteiger partial charge on any atom is -0.481 e. The Morgan fingerprint density at radius 3 is 2.35 bits per heavy atom. The quantitative estimate of drug-likeness (QED) is 0.759. The molecule has 1 amide bonds. The highest BCUT2D eigenvalue weighted by Crippen LogP contribution is 2.31. The maximum Gasteiger partial charge on any atom is 0.309 e. The second kappa shape index (κ2) is 5.49. The molecule has 1 atom stereocenters. The van der Waals surface area contributed by atoms with Crippen molar-refractivity contribution in [1.82, 2.24) is 4.90 Å². The number of carbonyl (C=O) groups excluding carboxylic acids is 1. The minimum atomic E-state index is -0.764. The molecule has 1 heterocycles. The molecule has 0 bridgehead atoms. The number of carbonyl (C=O) groups is 2. The van der Waals surface area contributed by atoms with E-state index in [-0.39, 0.29) is 11.8 Å². The van der Waals surface area contributed by atoms with Gasteiger partial charge in [0.25, 0.3) is 0 Å². The van der Waals surface area contributed by atoms with E-state index in [9.17, 15) is 9.59 Å². The van der Waals surface area contributed by atoms with Crippen LogP contribution >= 0.6 is 0 Å². The van der Waals surface area contributed by atoms with Crippen LogP contribution < -0.4 is 5.73 Å². The van der Waals surface area contributed by atoms with Gasteiger partial charge in [-0.2, -0.15) is 0 Å². The van der Waals surface area contributed by atoms with Crippen LogP contribution in [0.1, 0.15) is 33.1 Å². The molecule has 0 aromatic carbocycles. The third kappa shape index (κ3) is 3.19. The van der Waals surface area contributed by atoms with Gasteiger partial charge in [-0.05, 0) is 32.7 Å². The van der Waals surface area contributed by atoms with E-state index >= 15 is 0 Å². The Labute approximate surface area is 102 Å². The molecule has 1 saturated heterocycles. The number of amides is 1. The van der Waals surface area contributed by atoms with Gasteiger partial charge in [-0.15, -0.1) is 0 Å². The fraction of sp³-hybridized carbons (Fsp3) is 0.833.